The summed E-state index contributed by atoms with van der Waals surface area (Å²) in [7, 11) is 0. The van der Waals surface area contributed by atoms with Crippen molar-refractivity contribution >= 4 is 17.7 Å². The zero-order chi connectivity index (χ0) is 19.6. The molecule has 0 saturated carbocycles. The summed E-state index contributed by atoms with van der Waals surface area (Å²) in [4.78, 5) is 16.4. The molecule has 0 radical (unpaired) electrons. The Labute approximate surface area is 170 Å². The van der Waals surface area contributed by atoms with Gasteiger partial charge in [-0.2, -0.15) is 11.8 Å². The van der Waals surface area contributed by atoms with Crippen LogP contribution in [0.15, 0.2) is 73.1 Å². The van der Waals surface area contributed by atoms with Gasteiger partial charge in [0.25, 0.3) is 5.91 Å². The van der Waals surface area contributed by atoms with Crippen LogP contribution in [0.1, 0.15) is 27.0 Å². The minimum absolute atomic E-state index is 0.0808. The van der Waals surface area contributed by atoms with Gasteiger partial charge in [0.05, 0.1) is 0 Å². The molecule has 1 heterocycles. The second-order valence-corrected chi connectivity index (χ2v) is 7.58. The molecule has 144 valence electrons. The van der Waals surface area contributed by atoms with Crippen LogP contribution < -0.4 is 10.1 Å². The third-order valence-corrected chi connectivity index (χ3v) is 5.18. The molecule has 3 rings (SSSR count). The van der Waals surface area contributed by atoms with Gasteiger partial charge in [0, 0.05) is 41.6 Å². The Balaban J connectivity index is 1.40. The molecule has 1 N–H and O–H groups in total. The molecule has 0 bridgehead atoms. The third-order valence-electron chi connectivity index (χ3n) is 4.15. The number of ether oxygens (including phenoxy) is 1. The molecule has 0 saturated heterocycles. The van der Waals surface area contributed by atoms with E-state index >= 15 is 0 Å². The molecule has 2 aromatic carbocycles. The molecular weight excluding hydrogens is 368 g/mol. The van der Waals surface area contributed by atoms with Gasteiger partial charge in [0.1, 0.15) is 12.4 Å². The van der Waals surface area contributed by atoms with Crippen molar-refractivity contribution in [3.8, 4) is 5.75 Å². The van der Waals surface area contributed by atoms with Gasteiger partial charge in [-0.05, 0) is 36.8 Å². The number of rotatable bonds is 9. The Morgan fingerprint density at radius 1 is 1.07 bits per heavy atom. The lowest BCUT2D eigenvalue weighted by atomic mass is 10.2. The van der Waals surface area contributed by atoms with Crippen LogP contribution in [-0.4, -0.2) is 23.2 Å². The van der Waals surface area contributed by atoms with E-state index in [9.17, 15) is 4.79 Å². The van der Waals surface area contributed by atoms with E-state index in [-0.39, 0.29) is 5.91 Å². The molecule has 1 aromatic heterocycles. The average Bonchev–Trinajstić information content (AvgIpc) is 2.74. The zero-order valence-electron chi connectivity index (χ0n) is 15.9. The number of nitrogens with one attached hydrogen (secondary N) is 1. The number of aryl methyl sites for hydroxylation is 1. The number of thioether (sulfide) groups is 1. The van der Waals surface area contributed by atoms with Gasteiger partial charge in [0.2, 0.25) is 0 Å². The van der Waals surface area contributed by atoms with Gasteiger partial charge in [-0.1, -0.05) is 42.0 Å². The maximum Gasteiger partial charge on any atom is 0.251 e. The molecule has 0 aliphatic heterocycles. The van der Waals surface area contributed by atoms with Crippen molar-refractivity contribution in [2.45, 2.75) is 19.3 Å². The number of hydrogen-bond donors (Lipinski definition) is 1. The summed E-state index contributed by atoms with van der Waals surface area (Å²) in [5.41, 5.74) is 4.17. The van der Waals surface area contributed by atoms with Gasteiger partial charge in [-0.25, -0.2) is 0 Å². The van der Waals surface area contributed by atoms with E-state index in [2.05, 4.69) is 41.5 Å². The van der Waals surface area contributed by atoms with Gasteiger partial charge in [-0.3, -0.25) is 9.78 Å². The summed E-state index contributed by atoms with van der Waals surface area (Å²) >= 11 is 1.81. The Hall–Kier alpha value is -2.79. The van der Waals surface area contributed by atoms with E-state index in [0.29, 0.717) is 24.5 Å². The molecule has 0 fully saturated rings. The third kappa shape index (κ3) is 6.43. The Morgan fingerprint density at radius 2 is 1.93 bits per heavy atom. The summed E-state index contributed by atoms with van der Waals surface area (Å²) in [6, 6.07) is 19.6. The van der Waals surface area contributed by atoms with Crippen molar-refractivity contribution in [1.29, 1.82) is 0 Å². The highest BCUT2D eigenvalue weighted by atomic mass is 32.2. The number of aromatic nitrogens is 1. The van der Waals surface area contributed by atoms with Crippen LogP contribution in [-0.2, 0) is 12.4 Å². The maximum absolute atomic E-state index is 12.4. The fourth-order valence-corrected chi connectivity index (χ4v) is 3.41. The SMILES string of the molecule is Cc1ccc(CSCCNC(=O)c2cccc(OCc3cccnc3)c2)cc1. The molecule has 1 amide bonds. The summed E-state index contributed by atoms with van der Waals surface area (Å²) in [5, 5.41) is 2.97. The van der Waals surface area contributed by atoms with Crippen LogP contribution in [0.25, 0.3) is 0 Å². The number of hydrogen-bond acceptors (Lipinski definition) is 4. The van der Waals surface area contributed by atoms with Crippen LogP contribution in [0.5, 0.6) is 5.75 Å². The van der Waals surface area contributed by atoms with E-state index in [1.54, 1.807) is 24.5 Å². The van der Waals surface area contributed by atoms with Crippen LogP contribution in [0.2, 0.25) is 0 Å². The lowest BCUT2D eigenvalue weighted by Gasteiger charge is -2.09. The molecule has 5 heteroatoms. The van der Waals surface area contributed by atoms with E-state index < -0.39 is 0 Å². The second-order valence-electron chi connectivity index (χ2n) is 6.47. The fourth-order valence-electron chi connectivity index (χ4n) is 2.59. The molecular formula is C23H24N2O2S. The quantitative estimate of drug-likeness (QED) is 0.539. The van der Waals surface area contributed by atoms with Crippen molar-refractivity contribution in [3.63, 3.8) is 0 Å². The van der Waals surface area contributed by atoms with Crippen molar-refractivity contribution in [3.05, 3.63) is 95.3 Å². The number of amides is 1. The molecule has 0 atom stereocenters. The smallest absolute Gasteiger partial charge is 0.251 e. The highest BCUT2D eigenvalue weighted by Crippen LogP contribution is 2.16. The van der Waals surface area contributed by atoms with E-state index in [1.807, 2.05) is 36.0 Å². The lowest BCUT2D eigenvalue weighted by Crippen LogP contribution is -2.25. The Bertz CT molecular complexity index is 883. The van der Waals surface area contributed by atoms with Crippen LogP contribution in [0, 0.1) is 6.92 Å². The van der Waals surface area contributed by atoms with E-state index in [1.165, 1.54) is 11.1 Å². The van der Waals surface area contributed by atoms with Crippen molar-refractivity contribution in [2.24, 2.45) is 0 Å². The van der Waals surface area contributed by atoms with Crippen molar-refractivity contribution in [2.75, 3.05) is 12.3 Å². The molecule has 0 aliphatic rings. The second kappa shape index (κ2) is 10.5. The number of nitrogens with zero attached hydrogens (tertiary/aromatic N) is 1. The maximum atomic E-state index is 12.4. The molecule has 3 aromatic rings. The molecule has 4 nitrogen and oxygen atoms in total. The fraction of sp³-hybridized carbons (Fsp3) is 0.217. The number of carbonyl (C=O) groups is 1. The standard InChI is InChI=1S/C23H24N2O2S/c1-18-7-9-19(10-8-18)17-28-13-12-25-23(26)21-5-2-6-22(14-21)27-16-20-4-3-11-24-15-20/h2-11,14-15H,12-13,16-17H2,1H3,(H,25,26). The molecule has 0 unspecified atom stereocenters. The number of pyridine rings is 1. The Kier molecular flexibility index (Phi) is 7.50. The Morgan fingerprint density at radius 3 is 2.71 bits per heavy atom. The highest BCUT2D eigenvalue weighted by Gasteiger charge is 2.06. The highest BCUT2D eigenvalue weighted by molar-refractivity contribution is 7.98. The predicted octanol–water partition coefficient (Wildman–Crippen LogP) is 4.63. The molecule has 0 aliphatic carbocycles. The van der Waals surface area contributed by atoms with Gasteiger partial charge in [-0.15, -0.1) is 0 Å². The monoisotopic (exact) mass is 392 g/mol. The molecule has 0 spiro atoms. The lowest BCUT2D eigenvalue weighted by molar-refractivity contribution is 0.0955. The predicted molar refractivity (Wildman–Crippen MR) is 115 cm³/mol. The number of carbonyl (C=O) groups excluding carboxylic acids is 1. The first kappa shape index (κ1) is 20.0. The summed E-state index contributed by atoms with van der Waals surface area (Å²) in [5.74, 6) is 2.41. The minimum atomic E-state index is -0.0808. The van der Waals surface area contributed by atoms with Crippen molar-refractivity contribution < 1.29 is 9.53 Å². The largest absolute Gasteiger partial charge is 0.489 e. The first-order chi connectivity index (χ1) is 13.7. The average molecular weight is 393 g/mol. The van der Waals surface area contributed by atoms with E-state index in [4.69, 9.17) is 4.74 Å². The zero-order valence-corrected chi connectivity index (χ0v) is 16.7. The minimum Gasteiger partial charge on any atom is -0.489 e. The van der Waals surface area contributed by atoms with Gasteiger partial charge < -0.3 is 10.1 Å². The summed E-state index contributed by atoms with van der Waals surface area (Å²) in [6.07, 6.45) is 3.50. The summed E-state index contributed by atoms with van der Waals surface area (Å²) < 4.78 is 5.76. The first-order valence-electron chi connectivity index (χ1n) is 9.24. The van der Waals surface area contributed by atoms with Crippen LogP contribution in [0.3, 0.4) is 0 Å². The topological polar surface area (TPSA) is 51.2 Å². The van der Waals surface area contributed by atoms with E-state index in [0.717, 1.165) is 17.1 Å². The normalized spacial score (nSPS) is 10.5. The molecule has 28 heavy (non-hydrogen) atoms. The number of benzene rings is 2. The van der Waals surface area contributed by atoms with Crippen LogP contribution in [0.4, 0.5) is 0 Å². The van der Waals surface area contributed by atoms with Gasteiger partial charge in [0.15, 0.2) is 0 Å². The summed E-state index contributed by atoms with van der Waals surface area (Å²) in [6.45, 7) is 3.15. The first-order valence-corrected chi connectivity index (χ1v) is 10.4. The van der Waals surface area contributed by atoms with Crippen LogP contribution >= 0.6 is 11.8 Å². The van der Waals surface area contributed by atoms with Crippen molar-refractivity contribution in [1.82, 2.24) is 10.3 Å². The van der Waals surface area contributed by atoms with Gasteiger partial charge >= 0.3 is 0 Å².